The number of carbonyl (C=O) groups excluding carboxylic acids is 1. The van der Waals surface area contributed by atoms with Crippen LogP contribution in [0.2, 0.25) is 0 Å². The van der Waals surface area contributed by atoms with E-state index in [0.29, 0.717) is 18.2 Å². The SMILES string of the molecule is CC(C)n1cc(S(N)(=O)=O)cc1C(=O)NCC1CC1. The van der Waals surface area contributed by atoms with E-state index in [-0.39, 0.29) is 16.8 Å². The molecule has 6 nitrogen and oxygen atoms in total. The van der Waals surface area contributed by atoms with E-state index in [9.17, 15) is 13.2 Å². The largest absolute Gasteiger partial charge is 0.350 e. The fourth-order valence-corrected chi connectivity index (χ4v) is 2.40. The lowest BCUT2D eigenvalue weighted by Gasteiger charge is -2.12. The fraction of sp³-hybridized carbons (Fsp3) is 0.583. The van der Waals surface area contributed by atoms with Gasteiger partial charge in [-0.05, 0) is 38.7 Å². The molecule has 1 aromatic heterocycles. The van der Waals surface area contributed by atoms with E-state index < -0.39 is 10.0 Å². The maximum Gasteiger partial charge on any atom is 0.267 e. The highest BCUT2D eigenvalue weighted by Gasteiger charge is 2.24. The summed E-state index contributed by atoms with van der Waals surface area (Å²) < 4.78 is 24.3. The van der Waals surface area contributed by atoms with E-state index in [1.807, 2.05) is 13.8 Å². The van der Waals surface area contributed by atoms with E-state index in [1.165, 1.54) is 12.3 Å². The van der Waals surface area contributed by atoms with Crippen LogP contribution in [-0.2, 0) is 10.0 Å². The van der Waals surface area contributed by atoms with Crippen molar-refractivity contribution in [1.82, 2.24) is 9.88 Å². The van der Waals surface area contributed by atoms with Gasteiger partial charge in [-0.2, -0.15) is 0 Å². The van der Waals surface area contributed by atoms with Crippen molar-refractivity contribution in [3.8, 4) is 0 Å². The molecule has 19 heavy (non-hydrogen) atoms. The summed E-state index contributed by atoms with van der Waals surface area (Å²) in [7, 11) is -3.79. The van der Waals surface area contributed by atoms with Gasteiger partial charge in [0.05, 0.1) is 0 Å². The van der Waals surface area contributed by atoms with E-state index in [0.717, 1.165) is 12.8 Å². The Labute approximate surface area is 113 Å². The maximum atomic E-state index is 12.1. The first-order valence-corrected chi connectivity index (χ1v) is 7.86. The second-order valence-electron chi connectivity index (χ2n) is 5.26. The Morgan fingerprint density at radius 2 is 2.16 bits per heavy atom. The van der Waals surface area contributed by atoms with Gasteiger partial charge in [0, 0.05) is 18.8 Å². The molecule has 0 saturated heterocycles. The van der Waals surface area contributed by atoms with E-state index in [2.05, 4.69) is 5.32 Å². The molecule has 0 spiro atoms. The number of nitrogens with zero attached hydrogens (tertiary/aromatic N) is 1. The van der Waals surface area contributed by atoms with Crippen molar-refractivity contribution in [2.75, 3.05) is 6.54 Å². The first-order valence-electron chi connectivity index (χ1n) is 6.32. The van der Waals surface area contributed by atoms with Crippen LogP contribution in [0.1, 0.15) is 43.2 Å². The molecule has 1 amide bonds. The molecule has 106 valence electrons. The number of aromatic nitrogens is 1. The lowest BCUT2D eigenvalue weighted by Crippen LogP contribution is -2.28. The van der Waals surface area contributed by atoms with E-state index in [1.54, 1.807) is 4.57 Å². The highest BCUT2D eigenvalue weighted by atomic mass is 32.2. The number of rotatable bonds is 5. The van der Waals surface area contributed by atoms with Crippen LogP contribution in [-0.4, -0.2) is 25.4 Å². The molecular formula is C12H19N3O3S. The van der Waals surface area contributed by atoms with Crippen molar-refractivity contribution >= 4 is 15.9 Å². The number of nitrogens with two attached hydrogens (primary N) is 1. The Bertz CT molecular complexity index is 585. The van der Waals surface area contributed by atoms with Gasteiger partial charge in [-0.25, -0.2) is 13.6 Å². The third kappa shape index (κ3) is 3.36. The molecule has 0 aliphatic heterocycles. The highest BCUT2D eigenvalue weighted by Crippen LogP contribution is 2.27. The van der Waals surface area contributed by atoms with Crippen LogP contribution in [0, 0.1) is 5.92 Å². The molecule has 0 atom stereocenters. The maximum absolute atomic E-state index is 12.1. The smallest absolute Gasteiger partial charge is 0.267 e. The number of hydrogen-bond acceptors (Lipinski definition) is 3. The van der Waals surface area contributed by atoms with Crippen molar-refractivity contribution < 1.29 is 13.2 Å². The van der Waals surface area contributed by atoms with Crippen LogP contribution in [0.5, 0.6) is 0 Å². The minimum absolute atomic E-state index is 0.0165. The number of nitrogens with one attached hydrogen (secondary N) is 1. The zero-order valence-corrected chi connectivity index (χ0v) is 11.9. The predicted octanol–water partition coefficient (Wildman–Crippen LogP) is 0.856. The summed E-state index contributed by atoms with van der Waals surface area (Å²) in [5.74, 6) is 0.319. The van der Waals surface area contributed by atoms with Crippen molar-refractivity contribution in [3.63, 3.8) is 0 Å². The number of amides is 1. The highest BCUT2D eigenvalue weighted by molar-refractivity contribution is 7.89. The van der Waals surface area contributed by atoms with Gasteiger partial charge in [0.25, 0.3) is 5.91 Å². The third-order valence-corrected chi connectivity index (χ3v) is 4.07. The molecule has 0 unspecified atom stereocenters. The van der Waals surface area contributed by atoms with Gasteiger partial charge in [0.1, 0.15) is 10.6 Å². The molecule has 3 N–H and O–H groups in total. The Morgan fingerprint density at radius 1 is 1.53 bits per heavy atom. The summed E-state index contributed by atoms with van der Waals surface area (Å²) in [6, 6.07) is 1.31. The first-order chi connectivity index (χ1) is 8.79. The summed E-state index contributed by atoms with van der Waals surface area (Å²) >= 11 is 0. The molecule has 0 radical (unpaired) electrons. The van der Waals surface area contributed by atoms with Gasteiger partial charge in [-0.1, -0.05) is 0 Å². The minimum atomic E-state index is -3.79. The van der Waals surface area contributed by atoms with E-state index >= 15 is 0 Å². The summed E-state index contributed by atoms with van der Waals surface area (Å²) in [4.78, 5) is 12.0. The standard InChI is InChI=1S/C12H19N3O3S/c1-8(2)15-7-10(19(13,17)18)5-11(15)12(16)14-6-9-3-4-9/h5,7-9H,3-4,6H2,1-2H3,(H,14,16)(H2,13,17,18). The molecular weight excluding hydrogens is 266 g/mol. The second kappa shape index (κ2) is 4.97. The predicted molar refractivity (Wildman–Crippen MR) is 71.2 cm³/mol. The molecule has 1 saturated carbocycles. The molecule has 1 fully saturated rings. The van der Waals surface area contributed by atoms with Gasteiger partial charge in [-0.3, -0.25) is 4.79 Å². The molecule has 0 aromatic carbocycles. The molecule has 7 heteroatoms. The van der Waals surface area contributed by atoms with Crippen LogP contribution >= 0.6 is 0 Å². The van der Waals surface area contributed by atoms with Gasteiger partial charge in [-0.15, -0.1) is 0 Å². The normalized spacial score (nSPS) is 15.8. The van der Waals surface area contributed by atoms with E-state index in [4.69, 9.17) is 5.14 Å². The van der Waals surface area contributed by atoms with Crippen LogP contribution in [0.25, 0.3) is 0 Å². The average Bonchev–Trinajstić information content (AvgIpc) is 2.99. The number of hydrogen-bond donors (Lipinski definition) is 2. The molecule has 2 rings (SSSR count). The Morgan fingerprint density at radius 3 is 2.63 bits per heavy atom. The monoisotopic (exact) mass is 285 g/mol. The van der Waals surface area contributed by atoms with Crippen LogP contribution in [0.4, 0.5) is 0 Å². The Kier molecular flexibility index (Phi) is 3.69. The average molecular weight is 285 g/mol. The summed E-state index contributed by atoms with van der Waals surface area (Å²) in [5, 5.41) is 7.92. The molecule has 1 aliphatic rings. The Hall–Kier alpha value is -1.34. The summed E-state index contributed by atoms with van der Waals surface area (Å²) in [6.07, 6.45) is 3.70. The minimum Gasteiger partial charge on any atom is -0.350 e. The van der Waals surface area contributed by atoms with Crippen molar-refractivity contribution in [1.29, 1.82) is 0 Å². The zero-order chi connectivity index (χ0) is 14.2. The Balaban J connectivity index is 2.26. The van der Waals surface area contributed by atoms with Crippen molar-refractivity contribution in [2.45, 2.75) is 37.6 Å². The van der Waals surface area contributed by atoms with Crippen LogP contribution < -0.4 is 10.5 Å². The lowest BCUT2D eigenvalue weighted by molar-refractivity contribution is 0.0941. The lowest BCUT2D eigenvalue weighted by atomic mass is 10.3. The van der Waals surface area contributed by atoms with Crippen molar-refractivity contribution in [3.05, 3.63) is 18.0 Å². The van der Waals surface area contributed by atoms with Gasteiger partial charge in [0.15, 0.2) is 0 Å². The number of sulfonamides is 1. The van der Waals surface area contributed by atoms with Crippen molar-refractivity contribution in [2.24, 2.45) is 11.1 Å². The molecule has 0 bridgehead atoms. The van der Waals surface area contributed by atoms with Gasteiger partial charge >= 0.3 is 0 Å². The van der Waals surface area contributed by atoms with Gasteiger partial charge in [0.2, 0.25) is 10.0 Å². The van der Waals surface area contributed by atoms with Crippen LogP contribution in [0.3, 0.4) is 0 Å². The first kappa shape index (κ1) is 14.1. The second-order valence-corrected chi connectivity index (χ2v) is 6.82. The van der Waals surface area contributed by atoms with Crippen LogP contribution in [0.15, 0.2) is 17.2 Å². The zero-order valence-electron chi connectivity index (χ0n) is 11.1. The quantitative estimate of drug-likeness (QED) is 0.840. The summed E-state index contributed by atoms with van der Waals surface area (Å²) in [5.41, 5.74) is 0.333. The molecule has 1 aliphatic carbocycles. The summed E-state index contributed by atoms with van der Waals surface area (Å²) in [6.45, 7) is 4.40. The number of carbonyl (C=O) groups is 1. The topological polar surface area (TPSA) is 94.2 Å². The molecule has 1 heterocycles. The third-order valence-electron chi connectivity index (χ3n) is 3.19. The number of primary sulfonamides is 1. The fourth-order valence-electron chi connectivity index (χ4n) is 1.87. The van der Waals surface area contributed by atoms with Gasteiger partial charge < -0.3 is 9.88 Å². The molecule has 1 aromatic rings.